The maximum atomic E-state index is 4.68. The Hall–Kier alpha value is -0.895. The highest BCUT2D eigenvalue weighted by molar-refractivity contribution is 7.19. The lowest BCUT2D eigenvalue weighted by Crippen LogP contribution is -2.25. The van der Waals surface area contributed by atoms with Crippen LogP contribution in [0.25, 0.3) is 10.2 Å². The molecule has 0 atom stereocenters. The second-order valence-electron chi connectivity index (χ2n) is 6.42. The van der Waals surface area contributed by atoms with Crippen LogP contribution in [0, 0.1) is 0 Å². The van der Waals surface area contributed by atoms with Crippen LogP contribution in [-0.4, -0.2) is 17.2 Å². The van der Waals surface area contributed by atoms with Crippen LogP contribution in [0.4, 0.5) is 0 Å². The number of fused-ring (bicyclic) bond motifs is 3. The third-order valence-electron chi connectivity index (χ3n) is 5.04. The third kappa shape index (κ3) is 2.28. The lowest BCUT2D eigenvalue weighted by Gasteiger charge is -2.20. The van der Waals surface area contributed by atoms with Gasteiger partial charge in [-0.2, -0.15) is 0 Å². The zero-order valence-corrected chi connectivity index (χ0v) is 12.8. The summed E-state index contributed by atoms with van der Waals surface area (Å²) in [5.74, 6) is 0.862. The van der Waals surface area contributed by atoms with Crippen molar-refractivity contribution in [3.05, 3.63) is 16.8 Å². The van der Waals surface area contributed by atoms with Crippen LogP contribution in [0.15, 0.2) is 6.33 Å². The molecule has 0 aliphatic heterocycles. The monoisotopic (exact) mass is 284 g/mol. The van der Waals surface area contributed by atoms with Gasteiger partial charge in [-0.15, -0.1) is 11.3 Å². The maximum absolute atomic E-state index is 4.68. The number of aryl methyl sites for hydroxylation is 2. The first kappa shape index (κ1) is 12.8. The van der Waals surface area contributed by atoms with Crippen molar-refractivity contribution in [3.63, 3.8) is 0 Å². The molecule has 2 aliphatic carbocycles. The Balaban J connectivity index is 1.72. The van der Waals surface area contributed by atoms with Crippen LogP contribution in [0.1, 0.15) is 55.4 Å². The van der Waals surface area contributed by atoms with Crippen LogP contribution < -0.4 is 5.59 Å². The second-order valence-corrected chi connectivity index (χ2v) is 7.50. The number of rotatable bonds is 2. The molecule has 2 nitrogen and oxygen atoms in total. The van der Waals surface area contributed by atoms with E-state index in [0.717, 1.165) is 5.82 Å². The molecule has 0 unspecified atom stereocenters. The largest absolute Gasteiger partial charge is 0.251 e. The zero-order valence-electron chi connectivity index (χ0n) is 12.0. The van der Waals surface area contributed by atoms with E-state index in [1.54, 1.807) is 16.8 Å². The Morgan fingerprint density at radius 3 is 2.75 bits per heavy atom. The van der Waals surface area contributed by atoms with Crippen molar-refractivity contribution in [3.8, 4) is 0 Å². The third-order valence-corrected chi connectivity index (χ3v) is 6.24. The van der Waals surface area contributed by atoms with Gasteiger partial charge in [0.25, 0.3) is 0 Å². The summed E-state index contributed by atoms with van der Waals surface area (Å²) < 4.78 is 0. The summed E-state index contributed by atoms with van der Waals surface area (Å²) in [5.41, 5.74) is 2.95. The molecule has 0 N–H and O–H groups in total. The highest BCUT2D eigenvalue weighted by atomic mass is 32.1. The van der Waals surface area contributed by atoms with Crippen molar-refractivity contribution in [2.45, 2.75) is 63.6 Å². The summed E-state index contributed by atoms with van der Waals surface area (Å²) in [5, 5.41) is 1.44. The minimum Gasteiger partial charge on any atom is -0.251 e. The van der Waals surface area contributed by atoms with E-state index >= 15 is 0 Å². The van der Waals surface area contributed by atoms with Crippen LogP contribution in [0.5, 0.6) is 0 Å². The Kier molecular flexibility index (Phi) is 3.51. The molecule has 2 heterocycles. The zero-order chi connectivity index (χ0) is 13.4. The van der Waals surface area contributed by atoms with E-state index in [-0.39, 0.29) is 0 Å². The second kappa shape index (κ2) is 5.47. The van der Waals surface area contributed by atoms with Gasteiger partial charge in [0, 0.05) is 15.9 Å². The van der Waals surface area contributed by atoms with Crippen LogP contribution >= 0.6 is 11.3 Å². The fourth-order valence-corrected chi connectivity index (χ4v) is 5.23. The van der Waals surface area contributed by atoms with Crippen molar-refractivity contribution in [1.82, 2.24) is 9.97 Å². The molecule has 0 amide bonds. The fourth-order valence-electron chi connectivity index (χ4n) is 3.98. The maximum Gasteiger partial charge on any atom is 0.186 e. The molecule has 0 radical (unpaired) electrons. The molecule has 20 heavy (non-hydrogen) atoms. The van der Waals surface area contributed by atoms with E-state index in [9.17, 15) is 0 Å². The number of thiophene rings is 1. The summed E-state index contributed by atoms with van der Waals surface area (Å²) in [7, 11) is 1.18. The molecule has 2 aromatic heterocycles. The molecule has 0 saturated heterocycles. The highest BCUT2D eigenvalue weighted by Crippen LogP contribution is 2.35. The fraction of sp³-hybridized carbons (Fsp3) is 0.625. The molecule has 0 bridgehead atoms. The highest BCUT2D eigenvalue weighted by Gasteiger charge is 2.23. The van der Waals surface area contributed by atoms with Crippen LogP contribution in [0.2, 0.25) is 5.82 Å². The SMILES string of the molecule is B(c1ncnc2sc3c(c12)CCCC3)C1CCCCC1. The molecule has 2 aromatic rings. The summed E-state index contributed by atoms with van der Waals surface area (Å²) in [6.07, 6.45) is 14.1. The first-order valence-electron chi connectivity index (χ1n) is 8.16. The predicted molar refractivity (Wildman–Crippen MR) is 87.7 cm³/mol. The van der Waals surface area contributed by atoms with Gasteiger partial charge >= 0.3 is 0 Å². The van der Waals surface area contributed by atoms with Gasteiger partial charge in [0.15, 0.2) is 7.28 Å². The predicted octanol–water partition coefficient (Wildman–Crippen LogP) is 3.38. The van der Waals surface area contributed by atoms with Crippen LogP contribution in [-0.2, 0) is 12.8 Å². The van der Waals surface area contributed by atoms with Crippen molar-refractivity contribution in [2.75, 3.05) is 0 Å². The van der Waals surface area contributed by atoms with E-state index in [0.29, 0.717) is 0 Å². The molecular formula is C16H21BN2S. The first-order chi connectivity index (χ1) is 9.92. The van der Waals surface area contributed by atoms with Gasteiger partial charge in [-0.3, -0.25) is 4.98 Å². The van der Waals surface area contributed by atoms with Gasteiger partial charge in [0.2, 0.25) is 0 Å². The summed E-state index contributed by atoms with van der Waals surface area (Å²) >= 11 is 1.92. The van der Waals surface area contributed by atoms with Gasteiger partial charge in [0.1, 0.15) is 11.2 Å². The van der Waals surface area contributed by atoms with Gasteiger partial charge < -0.3 is 0 Å². The number of hydrogen-bond donors (Lipinski definition) is 0. The summed E-state index contributed by atoms with van der Waals surface area (Å²) in [6, 6.07) is 0. The molecule has 0 aromatic carbocycles. The molecule has 0 spiro atoms. The number of nitrogens with zero attached hydrogens (tertiary/aromatic N) is 2. The van der Waals surface area contributed by atoms with Crippen LogP contribution in [0.3, 0.4) is 0 Å². The Bertz CT molecular complexity index is 616. The normalized spacial score (nSPS) is 20.0. The first-order valence-corrected chi connectivity index (χ1v) is 8.97. The minimum absolute atomic E-state index is 0.862. The van der Waals surface area contributed by atoms with Gasteiger partial charge in [0.05, 0.1) is 0 Å². The van der Waals surface area contributed by atoms with E-state index in [4.69, 9.17) is 0 Å². The standard InChI is InChI=1S/C16H21BN2S/c1-2-6-11(7-3-1)17-15-14-12-8-4-5-9-13(12)20-16(14)19-10-18-15/h10-11,17H,1-9H2. The lowest BCUT2D eigenvalue weighted by molar-refractivity contribution is 0.502. The Labute approximate surface area is 125 Å². The molecule has 1 fully saturated rings. The van der Waals surface area contributed by atoms with E-state index in [1.807, 2.05) is 11.3 Å². The summed E-state index contributed by atoms with van der Waals surface area (Å²) in [4.78, 5) is 12.1. The van der Waals surface area contributed by atoms with Gasteiger partial charge in [-0.25, -0.2) is 4.98 Å². The topological polar surface area (TPSA) is 25.8 Å². The lowest BCUT2D eigenvalue weighted by atomic mass is 9.56. The van der Waals surface area contributed by atoms with E-state index in [2.05, 4.69) is 9.97 Å². The van der Waals surface area contributed by atoms with Crippen molar-refractivity contribution in [1.29, 1.82) is 0 Å². The molecule has 4 heteroatoms. The average molecular weight is 284 g/mol. The van der Waals surface area contributed by atoms with Crippen molar-refractivity contribution >= 4 is 34.4 Å². The minimum atomic E-state index is 0.862. The quantitative estimate of drug-likeness (QED) is 0.790. The molecular weight excluding hydrogens is 263 g/mol. The Morgan fingerprint density at radius 2 is 1.85 bits per heavy atom. The molecule has 2 aliphatic rings. The smallest absolute Gasteiger partial charge is 0.186 e. The van der Waals surface area contributed by atoms with Gasteiger partial charge in [-0.05, 0) is 31.2 Å². The van der Waals surface area contributed by atoms with Crippen molar-refractivity contribution in [2.24, 2.45) is 0 Å². The Morgan fingerprint density at radius 1 is 1.00 bits per heavy atom. The molecule has 1 saturated carbocycles. The summed E-state index contributed by atoms with van der Waals surface area (Å²) in [6.45, 7) is 0. The average Bonchev–Trinajstić information content (AvgIpc) is 2.88. The number of aromatic nitrogens is 2. The van der Waals surface area contributed by atoms with E-state index < -0.39 is 0 Å². The van der Waals surface area contributed by atoms with Gasteiger partial charge in [-0.1, -0.05) is 37.9 Å². The molecule has 104 valence electrons. The van der Waals surface area contributed by atoms with E-state index in [1.165, 1.54) is 80.9 Å². The van der Waals surface area contributed by atoms with Crippen molar-refractivity contribution < 1.29 is 0 Å². The molecule has 4 rings (SSSR count). The number of hydrogen-bond acceptors (Lipinski definition) is 3.